The smallest absolute Gasteiger partial charge is 0.254 e. The third-order valence-electron chi connectivity index (χ3n) is 4.50. The molecule has 22 heavy (non-hydrogen) atoms. The van der Waals surface area contributed by atoms with E-state index in [2.05, 4.69) is 13.8 Å². The monoisotopic (exact) mass is 324 g/mol. The van der Waals surface area contributed by atoms with E-state index in [0.717, 1.165) is 37.8 Å². The first-order valence-electron chi connectivity index (χ1n) is 7.73. The van der Waals surface area contributed by atoms with Crippen LogP contribution in [0.2, 0.25) is 0 Å². The molecule has 1 fully saturated rings. The summed E-state index contributed by atoms with van der Waals surface area (Å²) in [7, 11) is 0. The van der Waals surface area contributed by atoms with Crippen LogP contribution in [0.1, 0.15) is 32.4 Å². The van der Waals surface area contributed by atoms with E-state index in [-0.39, 0.29) is 28.5 Å². The van der Waals surface area contributed by atoms with Gasteiger partial charge in [-0.25, -0.2) is 0 Å². The van der Waals surface area contributed by atoms with Gasteiger partial charge in [0.05, 0.1) is 0 Å². The minimum atomic E-state index is -0.338. The van der Waals surface area contributed by atoms with E-state index >= 15 is 0 Å². The molecule has 0 spiro atoms. The molecule has 0 aliphatic carbocycles. The van der Waals surface area contributed by atoms with Crippen LogP contribution in [-0.2, 0) is 11.3 Å². The number of aromatic nitrogens is 1. The molecule has 1 saturated heterocycles. The second-order valence-electron chi connectivity index (χ2n) is 5.83. The van der Waals surface area contributed by atoms with Crippen molar-refractivity contribution in [2.75, 3.05) is 18.8 Å². The first-order valence-corrected chi connectivity index (χ1v) is 8.71. The van der Waals surface area contributed by atoms with Gasteiger partial charge in [-0.2, -0.15) is 11.8 Å². The maximum absolute atomic E-state index is 12.6. The summed E-state index contributed by atoms with van der Waals surface area (Å²) in [6, 6.07) is 2.65. The summed E-state index contributed by atoms with van der Waals surface area (Å²) in [6.07, 6.45) is 2.08. The van der Waals surface area contributed by atoms with Crippen LogP contribution in [0.5, 0.6) is 5.75 Å². The fraction of sp³-hybridized carbons (Fsp3) is 0.625. The highest BCUT2D eigenvalue weighted by Gasteiger charge is 2.34. The molecule has 1 aromatic heterocycles. The van der Waals surface area contributed by atoms with E-state index in [1.807, 2.05) is 16.7 Å². The molecule has 1 aliphatic heterocycles. The molecular weight excluding hydrogens is 300 g/mol. The maximum Gasteiger partial charge on any atom is 0.254 e. The topological polar surface area (TPSA) is 62.5 Å². The number of hydrogen-bond donors (Lipinski definition) is 1. The summed E-state index contributed by atoms with van der Waals surface area (Å²) in [5, 5.41) is 9.42. The average Bonchev–Trinajstić information content (AvgIpc) is 2.50. The summed E-state index contributed by atoms with van der Waals surface area (Å²) in [5.74, 6) is 0.857. The SMILES string of the molecule is CCC1(CC)CN(C(=O)Cn2c(C)cc(O)cc2=O)CCS1. The van der Waals surface area contributed by atoms with Crippen LogP contribution in [0.4, 0.5) is 0 Å². The number of aromatic hydroxyl groups is 1. The van der Waals surface area contributed by atoms with Crippen molar-refractivity contribution in [3.8, 4) is 5.75 Å². The Kier molecular flexibility index (Phi) is 5.21. The van der Waals surface area contributed by atoms with Gasteiger partial charge in [0.1, 0.15) is 12.3 Å². The van der Waals surface area contributed by atoms with E-state index in [1.165, 1.54) is 10.6 Å². The minimum absolute atomic E-state index is 0.0255. The largest absolute Gasteiger partial charge is 0.508 e. The molecule has 0 aromatic carbocycles. The van der Waals surface area contributed by atoms with Crippen molar-refractivity contribution >= 4 is 17.7 Å². The zero-order valence-corrected chi connectivity index (χ0v) is 14.3. The zero-order chi connectivity index (χ0) is 16.3. The Labute approximate surface area is 135 Å². The molecule has 5 nitrogen and oxygen atoms in total. The molecule has 6 heteroatoms. The molecule has 1 aromatic rings. The summed E-state index contributed by atoms with van der Waals surface area (Å²) in [5.41, 5.74) is 0.261. The molecule has 2 heterocycles. The standard InChI is InChI=1S/C16H24N2O3S/c1-4-16(5-2)11-17(6-7-22-16)15(21)10-18-12(3)8-13(19)9-14(18)20/h8-9,19H,4-7,10-11H2,1-3H3. The summed E-state index contributed by atoms with van der Waals surface area (Å²) < 4.78 is 1.56. The number of hydrogen-bond acceptors (Lipinski definition) is 4. The van der Waals surface area contributed by atoms with Crippen molar-refractivity contribution in [3.05, 3.63) is 28.2 Å². The fourth-order valence-electron chi connectivity index (χ4n) is 2.89. The van der Waals surface area contributed by atoms with Gasteiger partial charge in [0, 0.05) is 35.3 Å². The lowest BCUT2D eigenvalue weighted by Gasteiger charge is -2.41. The van der Waals surface area contributed by atoms with Crippen molar-refractivity contribution in [2.45, 2.75) is 44.9 Å². The van der Waals surface area contributed by atoms with Crippen LogP contribution < -0.4 is 5.56 Å². The second kappa shape index (κ2) is 6.77. The molecule has 0 radical (unpaired) electrons. The number of pyridine rings is 1. The van der Waals surface area contributed by atoms with Crippen molar-refractivity contribution < 1.29 is 9.90 Å². The number of amides is 1. The van der Waals surface area contributed by atoms with Gasteiger partial charge in [-0.3, -0.25) is 9.59 Å². The third-order valence-corrected chi connectivity index (χ3v) is 6.21. The Morgan fingerprint density at radius 1 is 1.36 bits per heavy atom. The molecule has 122 valence electrons. The van der Waals surface area contributed by atoms with Crippen molar-refractivity contribution in [2.24, 2.45) is 0 Å². The first kappa shape index (κ1) is 16.9. The van der Waals surface area contributed by atoms with Crippen LogP contribution in [0.25, 0.3) is 0 Å². The van der Waals surface area contributed by atoms with Crippen LogP contribution >= 0.6 is 11.8 Å². The average molecular weight is 324 g/mol. The van der Waals surface area contributed by atoms with Gasteiger partial charge in [-0.1, -0.05) is 13.8 Å². The molecule has 0 atom stereocenters. The molecule has 1 aliphatic rings. The van der Waals surface area contributed by atoms with Crippen LogP contribution in [-0.4, -0.2) is 44.1 Å². The van der Waals surface area contributed by atoms with E-state index in [1.54, 1.807) is 6.92 Å². The lowest BCUT2D eigenvalue weighted by atomic mass is 10.0. The van der Waals surface area contributed by atoms with E-state index in [0.29, 0.717) is 5.69 Å². The first-order chi connectivity index (χ1) is 10.4. The maximum atomic E-state index is 12.6. The van der Waals surface area contributed by atoms with Gasteiger partial charge in [0.15, 0.2) is 0 Å². The van der Waals surface area contributed by atoms with Crippen molar-refractivity contribution in [3.63, 3.8) is 0 Å². The molecule has 0 bridgehead atoms. The highest BCUT2D eigenvalue weighted by atomic mass is 32.2. The summed E-state index contributed by atoms with van der Waals surface area (Å²) >= 11 is 1.95. The van der Waals surface area contributed by atoms with Gasteiger partial charge >= 0.3 is 0 Å². The quantitative estimate of drug-likeness (QED) is 0.920. The molecule has 0 saturated carbocycles. The van der Waals surface area contributed by atoms with Crippen LogP contribution in [0.3, 0.4) is 0 Å². The Morgan fingerprint density at radius 2 is 2.05 bits per heavy atom. The predicted molar refractivity (Wildman–Crippen MR) is 89.5 cm³/mol. The number of nitrogens with zero attached hydrogens (tertiary/aromatic N) is 2. The molecule has 0 unspecified atom stereocenters. The van der Waals surface area contributed by atoms with E-state index in [4.69, 9.17) is 0 Å². The van der Waals surface area contributed by atoms with E-state index < -0.39 is 0 Å². The number of aryl methyl sites for hydroxylation is 1. The van der Waals surface area contributed by atoms with Crippen LogP contribution in [0.15, 0.2) is 16.9 Å². The van der Waals surface area contributed by atoms with Crippen molar-refractivity contribution in [1.82, 2.24) is 9.47 Å². The summed E-state index contributed by atoms with van der Waals surface area (Å²) in [6.45, 7) is 7.58. The highest BCUT2D eigenvalue weighted by Crippen LogP contribution is 2.36. The Hall–Kier alpha value is -1.43. The number of thioether (sulfide) groups is 1. The zero-order valence-electron chi connectivity index (χ0n) is 13.5. The third kappa shape index (κ3) is 3.48. The Balaban J connectivity index is 2.14. The van der Waals surface area contributed by atoms with Gasteiger partial charge in [-0.05, 0) is 25.8 Å². The van der Waals surface area contributed by atoms with E-state index in [9.17, 15) is 14.7 Å². The van der Waals surface area contributed by atoms with Crippen molar-refractivity contribution in [1.29, 1.82) is 0 Å². The lowest BCUT2D eigenvalue weighted by Crippen LogP contribution is -2.50. The van der Waals surface area contributed by atoms with Crippen LogP contribution in [0, 0.1) is 6.92 Å². The van der Waals surface area contributed by atoms with Gasteiger partial charge in [0.2, 0.25) is 5.91 Å². The summed E-state index contributed by atoms with van der Waals surface area (Å²) in [4.78, 5) is 26.4. The number of rotatable bonds is 4. The molecule has 2 rings (SSSR count). The van der Waals surface area contributed by atoms with Gasteiger partial charge < -0.3 is 14.6 Å². The predicted octanol–water partition coefficient (Wildman–Crippen LogP) is 2.00. The molecular formula is C16H24N2O3S. The Morgan fingerprint density at radius 3 is 2.64 bits per heavy atom. The van der Waals surface area contributed by atoms with Gasteiger partial charge in [-0.15, -0.1) is 0 Å². The fourth-order valence-corrected chi connectivity index (χ4v) is 4.29. The molecule has 1 N–H and O–H groups in total. The lowest BCUT2D eigenvalue weighted by molar-refractivity contribution is -0.132. The Bertz CT molecular complexity index is 608. The number of carbonyl (C=O) groups excluding carboxylic acids is 1. The normalized spacial score (nSPS) is 17.5. The minimum Gasteiger partial charge on any atom is -0.508 e. The second-order valence-corrected chi connectivity index (χ2v) is 7.40. The molecule has 1 amide bonds. The highest BCUT2D eigenvalue weighted by molar-refractivity contribution is 8.00. The number of carbonyl (C=O) groups is 1. The van der Waals surface area contributed by atoms with Gasteiger partial charge in [0.25, 0.3) is 5.56 Å².